The number of carboxylic acids is 2. The summed E-state index contributed by atoms with van der Waals surface area (Å²) in [6.45, 7) is 2.88. The topological polar surface area (TPSA) is 117 Å². The van der Waals surface area contributed by atoms with E-state index in [0.717, 1.165) is 26.1 Å². The van der Waals surface area contributed by atoms with Crippen LogP contribution >= 0.6 is 0 Å². The molecule has 35 heavy (non-hydrogen) atoms. The highest BCUT2D eigenvalue weighted by atomic mass is 19.4. The van der Waals surface area contributed by atoms with E-state index in [2.05, 4.69) is 35.9 Å². The van der Waals surface area contributed by atoms with Crippen molar-refractivity contribution in [1.29, 1.82) is 0 Å². The van der Waals surface area contributed by atoms with Crippen molar-refractivity contribution >= 4 is 17.8 Å². The van der Waals surface area contributed by atoms with Gasteiger partial charge in [-0.05, 0) is 52.0 Å². The molecule has 3 N–H and O–H groups in total. The summed E-state index contributed by atoms with van der Waals surface area (Å²) in [5, 5.41) is 14.2. The van der Waals surface area contributed by atoms with Crippen molar-refractivity contribution in [3.63, 3.8) is 0 Å². The number of nitrogens with zero attached hydrogens (tertiary/aromatic N) is 3. The minimum Gasteiger partial charge on any atom is -0.475 e. The van der Waals surface area contributed by atoms with Gasteiger partial charge in [-0.1, -0.05) is 0 Å². The minimum absolute atomic E-state index is 0.150. The highest BCUT2D eigenvalue weighted by molar-refractivity contribution is 5.92. The van der Waals surface area contributed by atoms with Gasteiger partial charge in [0.05, 0.1) is 0 Å². The van der Waals surface area contributed by atoms with Gasteiger partial charge in [-0.3, -0.25) is 9.69 Å². The number of carboxylic acid groups (broad SMARTS) is 2. The average molecular weight is 518 g/mol. The molecule has 0 unspecified atom stereocenters. The van der Waals surface area contributed by atoms with E-state index in [4.69, 9.17) is 19.8 Å². The number of likely N-dealkylation sites (tertiary alicyclic amines) is 2. The predicted molar refractivity (Wildman–Crippen MR) is 111 cm³/mol. The fourth-order valence-electron chi connectivity index (χ4n) is 4.02. The number of H-pyrrole nitrogens is 1. The second-order valence-corrected chi connectivity index (χ2v) is 8.37. The van der Waals surface area contributed by atoms with Crippen molar-refractivity contribution in [3.05, 3.63) is 24.0 Å². The summed E-state index contributed by atoms with van der Waals surface area (Å²) < 4.78 is 63.5. The first-order valence-corrected chi connectivity index (χ1v) is 10.3. The van der Waals surface area contributed by atoms with Gasteiger partial charge in [0, 0.05) is 37.9 Å². The maximum absolute atomic E-state index is 12.5. The number of amides is 1. The smallest absolute Gasteiger partial charge is 0.475 e. The second kappa shape index (κ2) is 12.2. The molecule has 1 amide bonds. The molecule has 2 saturated heterocycles. The molecule has 2 fully saturated rings. The van der Waals surface area contributed by atoms with Crippen molar-refractivity contribution in [2.45, 2.75) is 37.3 Å². The third kappa shape index (κ3) is 9.39. The number of fused-ring (bicyclic) bond motifs is 1. The summed E-state index contributed by atoms with van der Waals surface area (Å²) >= 11 is 0. The lowest BCUT2D eigenvalue weighted by atomic mass is 9.92. The SMILES string of the molecule is CN(C)C[C@@H]1C[C@@H]2CN(C(=O)c3ccc[nH]3)CC[C@@H]2N1C.O=C(O)C(F)(F)F.O=C(O)C(F)(F)F. The lowest BCUT2D eigenvalue weighted by molar-refractivity contribution is -0.193. The molecule has 15 heteroatoms. The Morgan fingerprint density at radius 2 is 1.60 bits per heavy atom. The van der Waals surface area contributed by atoms with Gasteiger partial charge < -0.3 is 25.0 Å². The normalized spacial score (nSPS) is 22.5. The van der Waals surface area contributed by atoms with Crippen molar-refractivity contribution in [3.8, 4) is 0 Å². The Labute approximate surface area is 197 Å². The standard InChI is InChI=1S/C16H26N4O.2C2HF3O2/c1-18(2)11-13-9-12-10-20(8-6-15(12)19(13)3)16(21)14-5-4-7-17-14;2*3-2(4,5)1(6)7/h4-5,7,12-13,15,17H,6,8-11H2,1-3H3;2*(H,6,7)/t12-,13+,15+;;/m1../s1. The van der Waals surface area contributed by atoms with E-state index in [1.54, 1.807) is 0 Å². The number of aromatic amines is 1. The van der Waals surface area contributed by atoms with Crippen LogP contribution in [0, 0.1) is 5.92 Å². The van der Waals surface area contributed by atoms with Gasteiger partial charge in [0.25, 0.3) is 5.91 Å². The number of carbonyl (C=O) groups excluding carboxylic acids is 1. The van der Waals surface area contributed by atoms with Crippen LogP contribution in [0.25, 0.3) is 0 Å². The maximum atomic E-state index is 12.5. The Hall–Kier alpha value is -2.81. The Morgan fingerprint density at radius 3 is 2.00 bits per heavy atom. The van der Waals surface area contributed by atoms with Crippen molar-refractivity contribution in [2.24, 2.45) is 5.92 Å². The first-order chi connectivity index (χ1) is 15.9. The van der Waals surface area contributed by atoms with Gasteiger partial charge >= 0.3 is 24.3 Å². The number of nitrogens with one attached hydrogen (secondary N) is 1. The van der Waals surface area contributed by atoms with E-state index >= 15 is 0 Å². The van der Waals surface area contributed by atoms with Crippen LogP contribution in [0.5, 0.6) is 0 Å². The largest absolute Gasteiger partial charge is 0.490 e. The number of hydrogen-bond donors (Lipinski definition) is 3. The molecule has 3 heterocycles. The van der Waals surface area contributed by atoms with Crippen LogP contribution in [-0.2, 0) is 9.59 Å². The highest BCUT2D eigenvalue weighted by Crippen LogP contribution is 2.35. The summed E-state index contributed by atoms with van der Waals surface area (Å²) in [5.41, 5.74) is 0.713. The third-order valence-electron chi connectivity index (χ3n) is 5.54. The molecule has 0 bridgehead atoms. The fraction of sp³-hybridized carbons (Fsp3) is 0.650. The first kappa shape index (κ1) is 30.2. The summed E-state index contributed by atoms with van der Waals surface area (Å²) in [6.07, 6.45) is -6.05. The fourth-order valence-corrected chi connectivity index (χ4v) is 4.02. The van der Waals surface area contributed by atoms with Gasteiger partial charge in [0.2, 0.25) is 0 Å². The summed E-state index contributed by atoms with van der Waals surface area (Å²) in [4.78, 5) is 40.1. The number of likely N-dealkylation sites (N-methyl/N-ethyl adjacent to an activating group) is 2. The molecule has 0 spiro atoms. The van der Waals surface area contributed by atoms with Gasteiger partial charge in [0.1, 0.15) is 5.69 Å². The van der Waals surface area contributed by atoms with Crippen LogP contribution in [0.4, 0.5) is 26.3 Å². The minimum atomic E-state index is -5.08. The molecular weight excluding hydrogens is 490 g/mol. The number of carbonyl (C=O) groups is 3. The van der Waals surface area contributed by atoms with E-state index in [0.29, 0.717) is 23.7 Å². The van der Waals surface area contributed by atoms with Crippen molar-refractivity contribution in [2.75, 3.05) is 40.8 Å². The van der Waals surface area contributed by atoms with E-state index in [1.165, 1.54) is 6.42 Å². The molecule has 200 valence electrons. The molecule has 1 aromatic rings. The second-order valence-electron chi connectivity index (χ2n) is 8.37. The number of rotatable bonds is 3. The van der Waals surface area contributed by atoms with Crippen LogP contribution in [-0.4, -0.2) is 113 Å². The van der Waals surface area contributed by atoms with Crippen LogP contribution in [0.2, 0.25) is 0 Å². The molecule has 0 aromatic carbocycles. The van der Waals surface area contributed by atoms with E-state index in [1.807, 2.05) is 23.2 Å². The van der Waals surface area contributed by atoms with Crippen LogP contribution in [0.3, 0.4) is 0 Å². The van der Waals surface area contributed by atoms with Gasteiger partial charge in [-0.15, -0.1) is 0 Å². The molecule has 0 aliphatic carbocycles. The number of piperidine rings is 1. The third-order valence-corrected chi connectivity index (χ3v) is 5.54. The van der Waals surface area contributed by atoms with Gasteiger partial charge in [-0.25, -0.2) is 9.59 Å². The first-order valence-electron chi connectivity index (χ1n) is 10.3. The zero-order chi connectivity index (χ0) is 27.1. The van der Waals surface area contributed by atoms with Gasteiger partial charge in [-0.2, -0.15) is 26.3 Å². The van der Waals surface area contributed by atoms with Crippen LogP contribution in [0.1, 0.15) is 23.3 Å². The lowest BCUT2D eigenvalue weighted by Gasteiger charge is -2.37. The lowest BCUT2D eigenvalue weighted by Crippen LogP contribution is -2.48. The zero-order valence-electron chi connectivity index (χ0n) is 19.2. The number of halogens is 6. The average Bonchev–Trinajstić information content (AvgIpc) is 3.35. The Bertz CT molecular complexity index is 820. The number of aromatic nitrogens is 1. The molecule has 9 nitrogen and oxygen atoms in total. The monoisotopic (exact) mass is 518 g/mol. The summed E-state index contributed by atoms with van der Waals surface area (Å²) in [7, 11) is 6.52. The van der Waals surface area contributed by atoms with Crippen molar-refractivity contribution < 1.29 is 50.9 Å². The number of aliphatic carboxylic acids is 2. The van der Waals surface area contributed by atoms with Crippen molar-refractivity contribution in [1.82, 2.24) is 19.7 Å². The molecule has 2 aliphatic rings. The Balaban J connectivity index is 0.000000362. The predicted octanol–water partition coefficient (Wildman–Crippen LogP) is 2.38. The molecule has 3 rings (SSSR count). The summed E-state index contributed by atoms with van der Waals surface area (Å²) in [6, 6.07) is 5.01. The molecule has 0 saturated carbocycles. The van der Waals surface area contributed by atoms with E-state index < -0.39 is 24.3 Å². The molecule has 0 radical (unpaired) electrons. The zero-order valence-corrected chi connectivity index (χ0v) is 19.2. The quantitative estimate of drug-likeness (QED) is 0.526. The maximum Gasteiger partial charge on any atom is 0.490 e. The highest BCUT2D eigenvalue weighted by Gasteiger charge is 2.43. The Kier molecular flexibility index (Phi) is 10.6. The summed E-state index contributed by atoms with van der Waals surface area (Å²) in [5.74, 6) is -4.75. The van der Waals surface area contributed by atoms with E-state index in [9.17, 15) is 31.1 Å². The molecule has 3 atom stereocenters. The molecule has 1 aromatic heterocycles. The Morgan fingerprint density at radius 1 is 1.09 bits per heavy atom. The number of hydrogen-bond acceptors (Lipinski definition) is 5. The van der Waals surface area contributed by atoms with Gasteiger partial charge in [0.15, 0.2) is 0 Å². The van der Waals surface area contributed by atoms with Crippen LogP contribution < -0.4 is 0 Å². The molecule has 2 aliphatic heterocycles. The molecular formula is C20H28F6N4O5. The number of alkyl halides is 6. The van der Waals surface area contributed by atoms with E-state index in [-0.39, 0.29) is 5.91 Å². The van der Waals surface area contributed by atoms with Crippen LogP contribution in [0.15, 0.2) is 18.3 Å².